The zero-order valence-electron chi connectivity index (χ0n) is 13.2. The first-order valence-corrected chi connectivity index (χ1v) is 7.86. The van der Waals surface area contributed by atoms with E-state index in [1.165, 1.54) is 5.56 Å². The lowest BCUT2D eigenvalue weighted by Gasteiger charge is -2.22. The summed E-state index contributed by atoms with van der Waals surface area (Å²) in [6, 6.07) is 8.42. The maximum atomic E-state index is 12.1. The quantitative estimate of drug-likeness (QED) is 0.789. The first kappa shape index (κ1) is 13.9. The van der Waals surface area contributed by atoms with Crippen LogP contribution in [-0.4, -0.2) is 27.1 Å². The van der Waals surface area contributed by atoms with Gasteiger partial charge < -0.3 is 4.90 Å². The Labute approximate surface area is 134 Å². The Kier molecular flexibility index (Phi) is 3.15. The SMILES string of the molecule is Cc1cc(-c2cn[nH]c2)nc2cc(N3C(=O)CCC3C)ccc12. The molecule has 1 unspecified atom stereocenters. The maximum absolute atomic E-state index is 12.1. The standard InChI is InChI=1S/C18H18N4O/c1-11-7-16(13-9-19-20-10-13)21-17-8-14(4-5-15(11)17)22-12(2)3-6-18(22)23/h4-5,7-10,12H,3,6H2,1-2H3,(H,19,20). The van der Waals surface area contributed by atoms with E-state index in [4.69, 9.17) is 4.98 Å². The predicted octanol–water partition coefficient (Wildman–Crippen LogP) is 3.45. The summed E-state index contributed by atoms with van der Waals surface area (Å²) >= 11 is 0. The van der Waals surface area contributed by atoms with Gasteiger partial charge in [0.1, 0.15) is 0 Å². The van der Waals surface area contributed by atoms with Gasteiger partial charge in [-0.25, -0.2) is 4.98 Å². The molecule has 3 heterocycles. The summed E-state index contributed by atoms with van der Waals surface area (Å²) in [7, 11) is 0. The molecule has 0 radical (unpaired) electrons. The summed E-state index contributed by atoms with van der Waals surface area (Å²) in [5, 5.41) is 7.92. The highest BCUT2D eigenvalue weighted by Crippen LogP contribution is 2.31. The number of hydrogen-bond acceptors (Lipinski definition) is 3. The van der Waals surface area contributed by atoms with Crippen molar-refractivity contribution in [3.8, 4) is 11.3 Å². The maximum Gasteiger partial charge on any atom is 0.227 e. The molecule has 1 amide bonds. The third kappa shape index (κ3) is 2.29. The third-order valence-corrected chi connectivity index (χ3v) is 4.56. The number of aryl methyl sites for hydroxylation is 1. The number of carbonyl (C=O) groups is 1. The molecule has 0 aliphatic carbocycles. The van der Waals surface area contributed by atoms with Crippen LogP contribution in [0.15, 0.2) is 36.7 Å². The largest absolute Gasteiger partial charge is 0.310 e. The van der Waals surface area contributed by atoms with Crippen molar-refractivity contribution in [1.29, 1.82) is 0 Å². The number of nitrogens with zero attached hydrogens (tertiary/aromatic N) is 3. The van der Waals surface area contributed by atoms with Gasteiger partial charge in [-0.15, -0.1) is 0 Å². The molecule has 1 fully saturated rings. The van der Waals surface area contributed by atoms with Gasteiger partial charge in [-0.05, 0) is 44.0 Å². The van der Waals surface area contributed by atoms with Crippen LogP contribution in [0, 0.1) is 6.92 Å². The highest BCUT2D eigenvalue weighted by molar-refractivity contribution is 5.98. The van der Waals surface area contributed by atoms with Gasteiger partial charge in [0, 0.05) is 35.3 Å². The predicted molar refractivity (Wildman–Crippen MR) is 90.2 cm³/mol. The average Bonchev–Trinajstić information content (AvgIpc) is 3.17. The smallest absolute Gasteiger partial charge is 0.227 e. The van der Waals surface area contributed by atoms with E-state index in [0.29, 0.717) is 6.42 Å². The number of amides is 1. The number of carbonyl (C=O) groups excluding carboxylic acids is 1. The molecule has 0 saturated carbocycles. The average molecular weight is 306 g/mol. The van der Waals surface area contributed by atoms with Crippen LogP contribution in [0.5, 0.6) is 0 Å². The van der Waals surface area contributed by atoms with Gasteiger partial charge in [0.15, 0.2) is 0 Å². The van der Waals surface area contributed by atoms with Crippen LogP contribution in [0.4, 0.5) is 5.69 Å². The van der Waals surface area contributed by atoms with Crippen LogP contribution < -0.4 is 4.90 Å². The minimum atomic E-state index is 0.194. The summed E-state index contributed by atoms with van der Waals surface area (Å²) in [5.74, 6) is 0.194. The summed E-state index contributed by atoms with van der Waals surface area (Å²) in [6.45, 7) is 4.17. The second kappa shape index (κ2) is 5.19. The molecule has 1 aliphatic heterocycles. The van der Waals surface area contributed by atoms with Gasteiger partial charge in [0.2, 0.25) is 5.91 Å². The number of pyridine rings is 1. The Morgan fingerprint density at radius 3 is 2.87 bits per heavy atom. The van der Waals surface area contributed by atoms with E-state index in [1.807, 2.05) is 23.2 Å². The van der Waals surface area contributed by atoms with E-state index in [-0.39, 0.29) is 11.9 Å². The molecule has 0 bridgehead atoms. The van der Waals surface area contributed by atoms with E-state index >= 15 is 0 Å². The molecule has 1 N–H and O–H groups in total. The molecular weight excluding hydrogens is 288 g/mol. The van der Waals surface area contributed by atoms with E-state index in [1.54, 1.807) is 6.20 Å². The van der Waals surface area contributed by atoms with Crippen molar-refractivity contribution in [2.45, 2.75) is 32.7 Å². The number of aromatic amines is 1. The number of rotatable bonds is 2. The van der Waals surface area contributed by atoms with Crippen LogP contribution in [0.3, 0.4) is 0 Å². The third-order valence-electron chi connectivity index (χ3n) is 4.56. The van der Waals surface area contributed by atoms with Gasteiger partial charge in [-0.3, -0.25) is 9.89 Å². The van der Waals surface area contributed by atoms with Crippen molar-refractivity contribution in [3.63, 3.8) is 0 Å². The summed E-state index contributed by atoms with van der Waals surface area (Å²) in [4.78, 5) is 18.8. The van der Waals surface area contributed by atoms with Crippen molar-refractivity contribution in [2.24, 2.45) is 0 Å². The molecule has 5 nitrogen and oxygen atoms in total. The number of fused-ring (bicyclic) bond motifs is 1. The molecule has 1 aliphatic rings. The fourth-order valence-corrected chi connectivity index (χ4v) is 3.31. The Bertz CT molecular complexity index is 885. The minimum Gasteiger partial charge on any atom is -0.310 e. The zero-order valence-corrected chi connectivity index (χ0v) is 13.2. The second-order valence-electron chi connectivity index (χ2n) is 6.16. The molecule has 0 spiro atoms. The van der Waals surface area contributed by atoms with Crippen molar-refractivity contribution < 1.29 is 4.79 Å². The van der Waals surface area contributed by atoms with Gasteiger partial charge in [0.05, 0.1) is 17.4 Å². The van der Waals surface area contributed by atoms with E-state index in [0.717, 1.165) is 34.3 Å². The van der Waals surface area contributed by atoms with Crippen molar-refractivity contribution in [2.75, 3.05) is 4.90 Å². The van der Waals surface area contributed by atoms with Crippen LogP contribution >= 0.6 is 0 Å². The molecule has 2 aromatic heterocycles. The summed E-state index contributed by atoms with van der Waals surface area (Å²) in [6.07, 6.45) is 5.15. The van der Waals surface area contributed by atoms with Crippen molar-refractivity contribution >= 4 is 22.5 Å². The van der Waals surface area contributed by atoms with Crippen LogP contribution in [0.1, 0.15) is 25.3 Å². The number of aromatic nitrogens is 3. The molecule has 4 rings (SSSR count). The fraction of sp³-hybridized carbons (Fsp3) is 0.278. The van der Waals surface area contributed by atoms with Gasteiger partial charge >= 0.3 is 0 Å². The highest BCUT2D eigenvalue weighted by atomic mass is 16.2. The topological polar surface area (TPSA) is 61.9 Å². The fourth-order valence-electron chi connectivity index (χ4n) is 3.31. The van der Waals surface area contributed by atoms with Crippen molar-refractivity contribution in [3.05, 3.63) is 42.2 Å². The second-order valence-corrected chi connectivity index (χ2v) is 6.16. The number of anilines is 1. The number of hydrogen-bond donors (Lipinski definition) is 1. The van der Waals surface area contributed by atoms with Crippen LogP contribution in [-0.2, 0) is 4.79 Å². The zero-order chi connectivity index (χ0) is 16.0. The first-order chi connectivity index (χ1) is 11.1. The Morgan fingerprint density at radius 1 is 1.30 bits per heavy atom. The van der Waals surface area contributed by atoms with Crippen LogP contribution in [0.25, 0.3) is 22.2 Å². The molecule has 5 heteroatoms. The summed E-state index contributed by atoms with van der Waals surface area (Å²) in [5.41, 5.74) is 4.86. The van der Waals surface area contributed by atoms with E-state index in [2.05, 4.69) is 36.2 Å². The monoisotopic (exact) mass is 306 g/mol. The van der Waals surface area contributed by atoms with E-state index < -0.39 is 0 Å². The van der Waals surface area contributed by atoms with Gasteiger partial charge in [-0.1, -0.05) is 6.07 Å². The molecule has 1 atom stereocenters. The molecule has 116 valence electrons. The van der Waals surface area contributed by atoms with Gasteiger partial charge in [-0.2, -0.15) is 5.10 Å². The molecular formula is C18H18N4O. The Balaban J connectivity index is 1.86. The number of nitrogens with one attached hydrogen (secondary N) is 1. The molecule has 23 heavy (non-hydrogen) atoms. The minimum absolute atomic E-state index is 0.194. The number of benzene rings is 1. The lowest BCUT2D eigenvalue weighted by molar-refractivity contribution is -0.117. The summed E-state index contributed by atoms with van der Waals surface area (Å²) < 4.78 is 0. The van der Waals surface area contributed by atoms with E-state index in [9.17, 15) is 4.79 Å². The molecule has 3 aromatic rings. The molecule has 1 saturated heterocycles. The van der Waals surface area contributed by atoms with Gasteiger partial charge in [0.25, 0.3) is 0 Å². The first-order valence-electron chi connectivity index (χ1n) is 7.86. The number of H-pyrrole nitrogens is 1. The Morgan fingerprint density at radius 2 is 2.17 bits per heavy atom. The Hall–Kier alpha value is -2.69. The van der Waals surface area contributed by atoms with Crippen molar-refractivity contribution in [1.82, 2.24) is 15.2 Å². The normalized spacial score (nSPS) is 18.1. The lowest BCUT2D eigenvalue weighted by atomic mass is 10.1. The molecule has 1 aromatic carbocycles. The highest BCUT2D eigenvalue weighted by Gasteiger charge is 2.28. The van der Waals surface area contributed by atoms with Crippen LogP contribution in [0.2, 0.25) is 0 Å². The lowest BCUT2D eigenvalue weighted by Crippen LogP contribution is -2.30.